The fourth-order valence-electron chi connectivity index (χ4n) is 2.54. The van der Waals surface area contributed by atoms with Crippen LogP contribution in [0.25, 0.3) is 0 Å². The van der Waals surface area contributed by atoms with Crippen molar-refractivity contribution >= 4 is 17.4 Å². The molecule has 0 unspecified atom stereocenters. The topological polar surface area (TPSA) is 58.1 Å². The largest absolute Gasteiger partial charge is 0.357 e. The van der Waals surface area contributed by atoms with Gasteiger partial charge in [0.05, 0.1) is 0 Å². The third kappa shape index (κ3) is 4.78. The van der Waals surface area contributed by atoms with Gasteiger partial charge < -0.3 is 10.2 Å². The van der Waals surface area contributed by atoms with Crippen molar-refractivity contribution in [3.63, 3.8) is 0 Å². The zero-order valence-electron chi connectivity index (χ0n) is 15.0. The van der Waals surface area contributed by atoms with Gasteiger partial charge in [-0.3, -0.25) is 4.79 Å². The molecule has 0 fully saturated rings. The van der Waals surface area contributed by atoms with Crippen LogP contribution in [0.5, 0.6) is 0 Å². The molecule has 5 nitrogen and oxygen atoms in total. The van der Waals surface area contributed by atoms with Crippen LogP contribution in [0.15, 0.2) is 30.3 Å². The molecule has 0 saturated heterocycles. The van der Waals surface area contributed by atoms with Gasteiger partial charge in [0.2, 0.25) is 0 Å². The second kappa shape index (κ2) is 8.43. The van der Waals surface area contributed by atoms with E-state index in [-0.39, 0.29) is 5.91 Å². The molecule has 2 rings (SSSR count). The molecule has 1 heterocycles. The van der Waals surface area contributed by atoms with Gasteiger partial charge in [0.1, 0.15) is 17.3 Å². The van der Waals surface area contributed by atoms with Crippen LogP contribution in [-0.4, -0.2) is 29.0 Å². The molecule has 5 heteroatoms. The number of hydrogen-bond acceptors (Lipinski definition) is 4. The van der Waals surface area contributed by atoms with E-state index < -0.39 is 0 Å². The second-order valence-electron chi connectivity index (χ2n) is 5.97. The summed E-state index contributed by atoms with van der Waals surface area (Å²) >= 11 is 0. The van der Waals surface area contributed by atoms with Crippen LogP contribution in [-0.2, 0) is 0 Å². The highest BCUT2D eigenvalue weighted by atomic mass is 16.1. The molecule has 1 amide bonds. The Kier molecular flexibility index (Phi) is 6.29. The normalized spacial score (nSPS) is 10.5. The molecule has 128 valence electrons. The lowest BCUT2D eigenvalue weighted by Gasteiger charge is -2.23. The molecule has 0 aliphatic rings. The number of hydrogen-bond donors (Lipinski definition) is 1. The number of amides is 1. The van der Waals surface area contributed by atoms with E-state index in [0.29, 0.717) is 11.5 Å². The maximum absolute atomic E-state index is 12.5. The summed E-state index contributed by atoms with van der Waals surface area (Å²) in [7, 11) is 0. The summed E-state index contributed by atoms with van der Waals surface area (Å²) in [5.41, 5.74) is 2.32. The summed E-state index contributed by atoms with van der Waals surface area (Å²) in [4.78, 5) is 23.5. The van der Waals surface area contributed by atoms with Crippen LogP contribution < -0.4 is 10.2 Å². The van der Waals surface area contributed by atoms with Crippen molar-refractivity contribution in [1.29, 1.82) is 0 Å². The van der Waals surface area contributed by atoms with Crippen LogP contribution in [0.3, 0.4) is 0 Å². The number of carbonyl (C=O) groups is 1. The maximum atomic E-state index is 12.5. The summed E-state index contributed by atoms with van der Waals surface area (Å²) in [5, 5.41) is 2.90. The molecule has 0 aliphatic carbocycles. The summed E-state index contributed by atoms with van der Waals surface area (Å²) < 4.78 is 0. The molecule has 2 aromatic rings. The number of nitrogens with one attached hydrogen (secondary N) is 1. The van der Waals surface area contributed by atoms with E-state index in [1.165, 1.54) is 0 Å². The third-order valence-electron chi connectivity index (χ3n) is 3.68. The van der Waals surface area contributed by atoms with Gasteiger partial charge in [-0.1, -0.05) is 31.5 Å². The first-order chi connectivity index (χ1) is 11.5. The summed E-state index contributed by atoms with van der Waals surface area (Å²) in [6.45, 7) is 9.96. The average Bonchev–Trinajstić information content (AvgIpc) is 2.56. The Morgan fingerprint density at radius 1 is 1.04 bits per heavy atom. The molecule has 0 aliphatic heterocycles. The number of benzene rings is 1. The predicted octanol–water partition coefficient (Wildman–Crippen LogP) is 3.97. The Morgan fingerprint density at radius 2 is 1.67 bits per heavy atom. The van der Waals surface area contributed by atoms with Crippen LogP contribution in [0, 0.1) is 13.8 Å². The molecular weight excluding hydrogens is 300 g/mol. The number of nitrogens with zero attached hydrogens (tertiary/aromatic N) is 3. The number of carbonyl (C=O) groups excluding carboxylic acids is 1. The lowest BCUT2D eigenvalue weighted by atomic mass is 10.2. The fourth-order valence-corrected chi connectivity index (χ4v) is 2.54. The van der Waals surface area contributed by atoms with Gasteiger partial charge >= 0.3 is 0 Å². The van der Waals surface area contributed by atoms with E-state index >= 15 is 0 Å². The Hall–Kier alpha value is -2.43. The van der Waals surface area contributed by atoms with Crippen molar-refractivity contribution < 1.29 is 4.79 Å². The SMILES string of the molecule is CCCN(CCC)c1cc(C(=O)Nc2ccc(C)cc2)nc(C)n1. The van der Waals surface area contributed by atoms with Crippen molar-refractivity contribution in [3.8, 4) is 0 Å². The third-order valence-corrected chi connectivity index (χ3v) is 3.68. The minimum absolute atomic E-state index is 0.210. The molecule has 0 atom stereocenters. The van der Waals surface area contributed by atoms with E-state index in [2.05, 4.69) is 34.0 Å². The molecular formula is C19H26N4O. The Morgan fingerprint density at radius 3 is 2.25 bits per heavy atom. The molecule has 0 spiro atoms. The molecule has 1 aromatic carbocycles. The van der Waals surface area contributed by atoms with Crippen molar-refractivity contribution in [2.45, 2.75) is 40.5 Å². The van der Waals surface area contributed by atoms with Crippen molar-refractivity contribution in [2.24, 2.45) is 0 Å². The number of anilines is 2. The molecule has 1 aromatic heterocycles. The summed E-state index contributed by atoms with van der Waals surface area (Å²) in [6.07, 6.45) is 2.07. The first-order valence-electron chi connectivity index (χ1n) is 8.52. The van der Waals surface area contributed by atoms with E-state index in [9.17, 15) is 4.79 Å². The maximum Gasteiger partial charge on any atom is 0.274 e. The first kappa shape index (κ1) is 17.9. The van der Waals surface area contributed by atoms with Gasteiger partial charge in [-0.15, -0.1) is 0 Å². The minimum Gasteiger partial charge on any atom is -0.357 e. The lowest BCUT2D eigenvalue weighted by molar-refractivity contribution is 0.102. The average molecular weight is 326 g/mol. The van der Waals surface area contributed by atoms with E-state index in [4.69, 9.17) is 0 Å². The predicted molar refractivity (Wildman–Crippen MR) is 98.7 cm³/mol. The zero-order chi connectivity index (χ0) is 17.5. The van der Waals surface area contributed by atoms with E-state index in [1.54, 1.807) is 6.07 Å². The summed E-state index contributed by atoms with van der Waals surface area (Å²) in [6, 6.07) is 9.50. The van der Waals surface area contributed by atoms with Crippen molar-refractivity contribution in [2.75, 3.05) is 23.3 Å². The van der Waals surface area contributed by atoms with Gasteiger partial charge in [-0.25, -0.2) is 9.97 Å². The lowest BCUT2D eigenvalue weighted by Crippen LogP contribution is -2.27. The highest BCUT2D eigenvalue weighted by Gasteiger charge is 2.14. The van der Waals surface area contributed by atoms with Crippen LogP contribution >= 0.6 is 0 Å². The monoisotopic (exact) mass is 326 g/mol. The number of rotatable bonds is 7. The van der Waals surface area contributed by atoms with Gasteiger partial charge in [0.15, 0.2) is 0 Å². The van der Waals surface area contributed by atoms with E-state index in [0.717, 1.165) is 43.0 Å². The van der Waals surface area contributed by atoms with E-state index in [1.807, 2.05) is 38.1 Å². The molecule has 0 radical (unpaired) electrons. The van der Waals surface area contributed by atoms with Crippen molar-refractivity contribution in [1.82, 2.24) is 9.97 Å². The minimum atomic E-state index is -0.210. The molecule has 0 bridgehead atoms. The van der Waals surface area contributed by atoms with Crippen LogP contribution in [0.2, 0.25) is 0 Å². The standard InChI is InChI=1S/C19H26N4O/c1-5-11-23(12-6-2)18-13-17(20-15(4)21-18)19(24)22-16-9-7-14(3)8-10-16/h7-10,13H,5-6,11-12H2,1-4H3,(H,22,24). The van der Waals surface area contributed by atoms with Gasteiger partial charge in [-0.2, -0.15) is 0 Å². The second-order valence-corrected chi connectivity index (χ2v) is 5.97. The zero-order valence-corrected chi connectivity index (χ0v) is 15.0. The van der Waals surface area contributed by atoms with Gasteiger partial charge in [0.25, 0.3) is 5.91 Å². The van der Waals surface area contributed by atoms with Crippen LogP contribution in [0.1, 0.15) is 48.6 Å². The Balaban J connectivity index is 2.22. The number of aromatic nitrogens is 2. The highest BCUT2D eigenvalue weighted by molar-refractivity contribution is 6.03. The smallest absolute Gasteiger partial charge is 0.274 e. The van der Waals surface area contributed by atoms with Crippen LogP contribution in [0.4, 0.5) is 11.5 Å². The van der Waals surface area contributed by atoms with Crippen molar-refractivity contribution in [3.05, 3.63) is 47.4 Å². The molecule has 24 heavy (non-hydrogen) atoms. The highest BCUT2D eigenvalue weighted by Crippen LogP contribution is 2.16. The number of aryl methyl sites for hydroxylation is 2. The van der Waals surface area contributed by atoms with Gasteiger partial charge in [-0.05, 0) is 38.8 Å². The fraction of sp³-hybridized carbons (Fsp3) is 0.421. The van der Waals surface area contributed by atoms with Gasteiger partial charge in [0, 0.05) is 24.8 Å². The molecule has 1 N–H and O–H groups in total. The quantitative estimate of drug-likeness (QED) is 0.836. The Bertz CT molecular complexity index is 676. The Labute approximate surface area is 144 Å². The first-order valence-corrected chi connectivity index (χ1v) is 8.52. The summed E-state index contributed by atoms with van der Waals surface area (Å²) in [5.74, 6) is 1.22. The molecule has 0 saturated carbocycles.